The third-order valence-electron chi connectivity index (χ3n) is 3.34. The maximum absolute atomic E-state index is 11.7. The molecule has 0 unspecified atom stereocenters. The lowest BCUT2D eigenvalue weighted by Crippen LogP contribution is -2.30. The van der Waals surface area contributed by atoms with E-state index in [9.17, 15) is 20.0 Å². The van der Waals surface area contributed by atoms with Crippen LogP contribution in [0.15, 0.2) is 47.4 Å². The summed E-state index contributed by atoms with van der Waals surface area (Å²) in [6, 6.07) is 10.1. The number of aromatic nitrogens is 3. The van der Waals surface area contributed by atoms with Gasteiger partial charge in [0.15, 0.2) is 5.65 Å². The Balaban J connectivity index is 1.92. The van der Waals surface area contributed by atoms with Gasteiger partial charge in [0, 0.05) is 12.7 Å². The van der Waals surface area contributed by atoms with Gasteiger partial charge in [-0.15, -0.1) is 4.73 Å². The minimum atomic E-state index is -1.54. The first kappa shape index (κ1) is 15.0. The van der Waals surface area contributed by atoms with Gasteiger partial charge in [-0.2, -0.15) is 4.98 Å². The molecule has 1 aromatic carbocycles. The van der Waals surface area contributed by atoms with Crippen molar-refractivity contribution in [1.29, 1.82) is 0 Å². The van der Waals surface area contributed by atoms with Crippen LogP contribution in [-0.2, 0) is 6.54 Å². The smallest absolute Gasteiger partial charge is 0.423 e. The van der Waals surface area contributed by atoms with Gasteiger partial charge >= 0.3 is 12.8 Å². The third-order valence-corrected chi connectivity index (χ3v) is 3.34. The van der Waals surface area contributed by atoms with Gasteiger partial charge < -0.3 is 20.6 Å². The Hall–Kier alpha value is -2.91. The Morgan fingerprint density at radius 2 is 2.04 bits per heavy atom. The highest BCUT2D eigenvalue weighted by Gasteiger charge is 2.12. The van der Waals surface area contributed by atoms with Gasteiger partial charge in [-0.05, 0) is 23.2 Å². The largest absolute Gasteiger partial charge is 0.488 e. The molecule has 2 aromatic heterocycles. The normalized spacial score (nSPS) is 10.7. The van der Waals surface area contributed by atoms with Crippen LogP contribution in [0.4, 0.5) is 5.82 Å². The fourth-order valence-corrected chi connectivity index (χ4v) is 2.23. The molecule has 0 atom stereocenters. The van der Waals surface area contributed by atoms with E-state index >= 15 is 0 Å². The van der Waals surface area contributed by atoms with Crippen molar-refractivity contribution in [2.45, 2.75) is 6.54 Å². The molecule has 23 heavy (non-hydrogen) atoms. The van der Waals surface area contributed by atoms with E-state index in [1.165, 1.54) is 6.20 Å². The van der Waals surface area contributed by atoms with Crippen molar-refractivity contribution in [3.05, 3.63) is 58.6 Å². The fourth-order valence-electron chi connectivity index (χ4n) is 2.23. The fraction of sp³-hybridized carbons (Fsp3) is 0.0714. The zero-order chi connectivity index (χ0) is 16.4. The number of pyridine rings is 1. The van der Waals surface area contributed by atoms with E-state index in [1.54, 1.807) is 36.4 Å². The van der Waals surface area contributed by atoms with Gasteiger partial charge in [0.2, 0.25) is 0 Å². The first-order valence-corrected chi connectivity index (χ1v) is 6.82. The highest BCUT2D eigenvalue weighted by atomic mass is 16.5. The summed E-state index contributed by atoms with van der Waals surface area (Å²) < 4.78 is 0.392. The predicted octanol–water partition coefficient (Wildman–Crippen LogP) is -0.679. The second-order valence-corrected chi connectivity index (χ2v) is 4.90. The summed E-state index contributed by atoms with van der Waals surface area (Å²) in [6.07, 6.45) is 1.46. The summed E-state index contributed by atoms with van der Waals surface area (Å²) in [6.45, 7) is 0.312. The lowest BCUT2D eigenvalue weighted by molar-refractivity contribution is 0.182. The molecule has 0 fully saturated rings. The standard InChI is InChI=1S/C14H13BN4O4/c20-14-18-12(11-5-2-6-16-13(11)19(14)23)17-8-9-3-1-4-10(7-9)15(21)22/h1-7,21-23H,8H2,(H,17,18,20). The van der Waals surface area contributed by atoms with Crippen LogP contribution in [0.5, 0.6) is 0 Å². The number of fused-ring (bicyclic) bond motifs is 1. The van der Waals surface area contributed by atoms with E-state index in [4.69, 9.17) is 0 Å². The molecule has 0 spiro atoms. The van der Waals surface area contributed by atoms with E-state index in [2.05, 4.69) is 15.3 Å². The molecule has 116 valence electrons. The quantitative estimate of drug-likeness (QED) is 0.372. The number of nitrogens with zero attached hydrogens (tertiary/aromatic N) is 3. The van der Waals surface area contributed by atoms with Crippen LogP contribution in [0.25, 0.3) is 11.0 Å². The van der Waals surface area contributed by atoms with Gasteiger partial charge in [-0.1, -0.05) is 24.3 Å². The maximum Gasteiger partial charge on any atom is 0.488 e. The van der Waals surface area contributed by atoms with Crippen LogP contribution in [0.3, 0.4) is 0 Å². The SMILES string of the molecule is O=c1nc(NCc2cccc(B(O)O)c2)c2cccnc2n1O. The van der Waals surface area contributed by atoms with Crippen LogP contribution < -0.4 is 16.5 Å². The first-order valence-electron chi connectivity index (χ1n) is 6.82. The first-order chi connectivity index (χ1) is 11.1. The zero-order valence-electron chi connectivity index (χ0n) is 11.9. The van der Waals surface area contributed by atoms with Gasteiger partial charge in [0.25, 0.3) is 0 Å². The van der Waals surface area contributed by atoms with Gasteiger partial charge in [-0.25, -0.2) is 9.78 Å². The Morgan fingerprint density at radius 1 is 1.22 bits per heavy atom. The molecular weight excluding hydrogens is 299 g/mol. The van der Waals surface area contributed by atoms with E-state index in [0.29, 0.717) is 27.9 Å². The Kier molecular flexibility index (Phi) is 3.96. The molecule has 2 heterocycles. The number of hydrogen-bond donors (Lipinski definition) is 4. The highest BCUT2D eigenvalue weighted by Crippen LogP contribution is 2.17. The monoisotopic (exact) mass is 312 g/mol. The van der Waals surface area contributed by atoms with Crippen LogP contribution in [0.2, 0.25) is 0 Å². The average Bonchev–Trinajstić information content (AvgIpc) is 2.57. The molecule has 3 rings (SSSR count). The molecule has 9 heteroatoms. The average molecular weight is 312 g/mol. The maximum atomic E-state index is 11.7. The number of hydrogen-bond acceptors (Lipinski definition) is 7. The molecule has 0 saturated carbocycles. The van der Waals surface area contributed by atoms with E-state index in [-0.39, 0.29) is 5.65 Å². The van der Waals surface area contributed by atoms with Crippen molar-refractivity contribution in [3.8, 4) is 0 Å². The summed E-state index contributed by atoms with van der Waals surface area (Å²) in [5.74, 6) is 0.290. The summed E-state index contributed by atoms with van der Waals surface area (Å²) in [5, 5.41) is 31.5. The van der Waals surface area contributed by atoms with Crippen molar-refractivity contribution >= 4 is 29.4 Å². The summed E-state index contributed by atoms with van der Waals surface area (Å²) in [5.41, 5.74) is 0.421. The second-order valence-electron chi connectivity index (χ2n) is 4.90. The molecule has 4 N–H and O–H groups in total. The highest BCUT2D eigenvalue weighted by molar-refractivity contribution is 6.58. The minimum Gasteiger partial charge on any atom is -0.423 e. The Labute approximate surface area is 130 Å². The molecule has 0 bridgehead atoms. The molecule has 8 nitrogen and oxygen atoms in total. The minimum absolute atomic E-state index is 0.106. The van der Waals surface area contributed by atoms with Crippen molar-refractivity contribution in [2.75, 3.05) is 5.32 Å². The molecule has 0 saturated heterocycles. The molecule has 0 aliphatic heterocycles. The zero-order valence-corrected chi connectivity index (χ0v) is 11.9. The topological polar surface area (TPSA) is 121 Å². The molecule has 0 radical (unpaired) electrons. The lowest BCUT2D eigenvalue weighted by atomic mass is 9.80. The molecule has 3 aromatic rings. The number of rotatable bonds is 4. The summed E-state index contributed by atoms with van der Waals surface area (Å²) in [4.78, 5) is 19.4. The third kappa shape index (κ3) is 3.00. The van der Waals surface area contributed by atoms with Crippen LogP contribution >= 0.6 is 0 Å². The van der Waals surface area contributed by atoms with Crippen molar-refractivity contribution in [3.63, 3.8) is 0 Å². The Bertz CT molecular complexity index is 913. The molecule has 0 amide bonds. The second kappa shape index (κ2) is 6.07. The number of benzene rings is 1. The predicted molar refractivity (Wildman–Crippen MR) is 84.6 cm³/mol. The van der Waals surface area contributed by atoms with E-state index in [0.717, 1.165) is 5.56 Å². The Morgan fingerprint density at radius 3 is 2.83 bits per heavy atom. The van der Waals surface area contributed by atoms with Crippen molar-refractivity contribution < 1.29 is 15.3 Å². The number of nitrogens with one attached hydrogen (secondary N) is 1. The molecule has 0 aliphatic carbocycles. The van der Waals surface area contributed by atoms with Crippen molar-refractivity contribution in [2.24, 2.45) is 0 Å². The summed E-state index contributed by atoms with van der Waals surface area (Å²) in [7, 11) is -1.54. The van der Waals surface area contributed by atoms with Crippen LogP contribution in [0.1, 0.15) is 5.56 Å². The van der Waals surface area contributed by atoms with E-state index < -0.39 is 12.8 Å². The van der Waals surface area contributed by atoms with Crippen molar-refractivity contribution in [1.82, 2.24) is 14.7 Å². The lowest BCUT2D eigenvalue weighted by Gasteiger charge is -2.10. The van der Waals surface area contributed by atoms with Crippen LogP contribution in [0, 0.1) is 0 Å². The van der Waals surface area contributed by atoms with Crippen LogP contribution in [-0.4, -0.2) is 37.1 Å². The van der Waals surface area contributed by atoms with Gasteiger partial charge in [0.1, 0.15) is 5.82 Å². The summed E-state index contributed by atoms with van der Waals surface area (Å²) >= 11 is 0. The van der Waals surface area contributed by atoms with Gasteiger partial charge in [-0.3, -0.25) is 0 Å². The van der Waals surface area contributed by atoms with E-state index in [1.807, 2.05) is 0 Å². The molecule has 0 aliphatic rings. The molecular formula is C14H13BN4O4. The van der Waals surface area contributed by atoms with Gasteiger partial charge in [0.05, 0.1) is 5.39 Å². The number of anilines is 1.